The molecule has 0 spiro atoms. The number of aliphatic hydroxyl groups excluding tert-OH is 3. The summed E-state index contributed by atoms with van der Waals surface area (Å²) in [6.45, 7) is 0.279. The van der Waals surface area contributed by atoms with Gasteiger partial charge in [0.05, 0.1) is 20.3 Å². The van der Waals surface area contributed by atoms with Crippen LogP contribution in [0.15, 0.2) is 24.3 Å². The summed E-state index contributed by atoms with van der Waals surface area (Å²) in [5, 5.41) is 29.6. The molecule has 5 atom stereocenters. The molecule has 1 aliphatic rings. The number of hydrogen-bond donors (Lipinski definition) is 3. The minimum Gasteiger partial charge on any atom is -0.497 e. The summed E-state index contributed by atoms with van der Waals surface area (Å²) in [7, 11) is 3.04. The summed E-state index contributed by atoms with van der Waals surface area (Å²) in [4.78, 5) is 0. The average molecular weight is 314 g/mol. The average Bonchev–Trinajstić information content (AvgIpc) is 2.55. The lowest BCUT2D eigenvalue weighted by atomic mass is 9.99. The van der Waals surface area contributed by atoms with Gasteiger partial charge in [0, 0.05) is 7.11 Å². The smallest absolute Gasteiger partial charge is 0.187 e. The first kappa shape index (κ1) is 17.1. The molecular formula is C15H22O7. The van der Waals surface area contributed by atoms with Gasteiger partial charge in [0.2, 0.25) is 0 Å². The van der Waals surface area contributed by atoms with E-state index in [9.17, 15) is 15.3 Å². The molecule has 0 unspecified atom stereocenters. The number of aliphatic hydroxyl groups is 3. The highest BCUT2D eigenvalue weighted by Gasteiger charge is 2.44. The van der Waals surface area contributed by atoms with E-state index in [-0.39, 0.29) is 13.2 Å². The molecule has 1 aliphatic heterocycles. The number of benzene rings is 1. The van der Waals surface area contributed by atoms with Crippen molar-refractivity contribution in [2.45, 2.75) is 37.3 Å². The highest BCUT2D eigenvalue weighted by Crippen LogP contribution is 2.23. The molecule has 0 aromatic heterocycles. The fourth-order valence-corrected chi connectivity index (χ4v) is 2.26. The second kappa shape index (κ2) is 7.87. The molecule has 22 heavy (non-hydrogen) atoms. The van der Waals surface area contributed by atoms with Gasteiger partial charge in [-0.3, -0.25) is 0 Å². The molecule has 7 heteroatoms. The van der Waals surface area contributed by atoms with Crippen LogP contribution in [0.5, 0.6) is 5.75 Å². The van der Waals surface area contributed by atoms with E-state index < -0.39 is 30.7 Å². The lowest BCUT2D eigenvalue weighted by molar-refractivity contribution is -0.305. The first-order valence-electron chi connectivity index (χ1n) is 7.00. The summed E-state index contributed by atoms with van der Waals surface area (Å²) in [5.74, 6) is 0.733. The van der Waals surface area contributed by atoms with Crippen LogP contribution in [-0.2, 0) is 20.8 Å². The fourth-order valence-electron chi connectivity index (χ4n) is 2.26. The summed E-state index contributed by atoms with van der Waals surface area (Å²) in [5.41, 5.74) is 0.862. The molecule has 1 heterocycles. The molecule has 3 N–H and O–H groups in total. The third kappa shape index (κ3) is 3.95. The first-order chi connectivity index (χ1) is 10.6. The Morgan fingerprint density at radius 2 is 1.68 bits per heavy atom. The van der Waals surface area contributed by atoms with Crippen molar-refractivity contribution >= 4 is 0 Å². The molecule has 0 radical (unpaired) electrons. The number of rotatable bonds is 6. The van der Waals surface area contributed by atoms with Gasteiger partial charge in [-0.05, 0) is 17.7 Å². The molecule has 2 rings (SSSR count). The van der Waals surface area contributed by atoms with E-state index >= 15 is 0 Å². The quantitative estimate of drug-likeness (QED) is 0.661. The van der Waals surface area contributed by atoms with Gasteiger partial charge in [-0.1, -0.05) is 12.1 Å². The Morgan fingerprint density at radius 1 is 1.00 bits per heavy atom. The van der Waals surface area contributed by atoms with Gasteiger partial charge < -0.3 is 34.3 Å². The Bertz CT molecular complexity index is 450. The molecule has 0 amide bonds. The van der Waals surface area contributed by atoms with Crippen LogP contribution in [-0.4, -0.2) is 66.9 Å². The van der Waals surface area contributed by atoms with Gasteiger partial charge in [-0.2, -0.15) is 0 Å². The van der Waals surface area contributed by atoms with Gasteiger partial charge in [-0.15, -0.1) is 0 Å². The van der Waals surface area contributed by atoms with Gasteiger partial charge in [0.25, 0.3) is 0 Å². The Morgan fingerprint density at radius 3 is 2.27 bits per heavy atom. The number of methoxy groups -OCH3 is 2. The Kier molecular flexibility index (Phi) is 6.13. The molecule has 1 aromatic rings. The van der Waals surface area contributed by atoms with Crippen molar-refractivity contribution in [2.75, 3.05) is 20.8 Å². The van der Waals surface area contributed by atoms with E-state index in [4.69, 9.17) is 18.9 Å². The monoisotopic (exact) mass is 314 g/mol. The topological polar surface area (TPSA) is 97.6 Å². The van der Waals surface area contributed by atoms with Crippen LogP contribution >= 0.6 is 0 Å². The van der Waals surface area contributed by atoms with Crippen LogP contribution in [0.4, 0.5) is 0 Å². The van der Waals surface area contributed by atoms with Crippen molar-refractivity contribution in [1.82, 2.24) is 0 Å². The summed E-state index contributed by atoms with van der Waals surface area (Å²) in [6, 6.07) is 7.24. The molecular weight excluding hydrogens is 292 g/mol. The van der Waals surface area contributed by atoms with Crippen LogP contribution in [0, 0.1) is 0 Å². The highest BCUT2D eigenvalue weighted by atomic mass is 16.7. The van der Waals surface area contributed by atoms with Gasteiger partial charge in [0.1, 0.15) is 30.2 Å². The zero-order chi connectivity index (χ0) is 16.1. The van der Waals surface area contributed by atoms with E-state index in [1.807, 2.05) is 12.1 Å². The van der Waals surface area contributed by atoms with Crippen molar-refractivity contribution in [3.8, 4) is 5.75 Å². The van der Waals surface area contributed by atoms with Crippen LogP contribution in [0.25, 0.3) is 0 Å². The zero-order valence-electron chi connectivity index (χ0n) is 12.6. The predicted octanol–water partition coefficient (Wildman–Crippen LogP) is -0.334. The van der Waals surface area contributed by atoms with E-state index in [1.165, 1.54) is 7.11 Å². The molecule has 124 valence electrons. The normalized spacial score (nSPS) is 32.0. The van der Waals surface area contributed by atoms with E-state index in [2.05, 4.69) is 0 Å². The molecule has 1 saturated heterocycles. The molecule has 0 saturated carbocycles. The maximum Gasteiger partial charge on any atom is 0.187 e. The molecule has 0 bridgehead atoms. The van der Waals surface area contributed by atoms with Crippen LogP contribution in [0.3, 0.4) is 0 Å². The van der Waals surface area contributed by atoms with Crippen LogP contribution in [0.2, 0.25) is 0 Å². The minimum atomic E-state index is -1.35. The van der Waals surface area contributed by atoms with E-state index in [0.29, 0.717) is 0 Å². The Hall–Kier alpha value is -1.22. The third-order valence-electron chi connectivity index (χ3n) is 3.57. The largest absolute Gasteiger partial charge is 0.497 e. The zero-order valence-corrected chi connectivity index (χ0v) is 12.6. The fraction of sp³-hybridized carbons (Fsp3) is 0.600. The number of ether oxygens (including phenoxy) is 4. The maximum absolute atomic E-state index is 9.93. The summed E-state index contributed by atoms with van der Waals surface area (Å²) in [6.07, 6.45) is -5.71. The van der Waals surface area contributed by atoms with Crippen LogP contribution < -0.4 is 4.74 Å². The maximum atomic E-state index is 9.93. The second-order valence-corrected chi connectivity index (χ2v) is 5.13. The van der Waals surface area contributed by atoms with Crippen LogP contribution in [0.1, 0.15) is 5.56 Å². The molecule has 7 nitrogen and oxygen atoms in total. The van der Waals surface area contributed by atoms with Crippen molar-refractivity contribution in [3.05, 3.63) is 29.8 Å². The predicted molar refractivity (Wildman–Crippen MR) is 76.3 cm³/mol. The third-order valence-corrected chi connectivity index (χ3v) is 3.57. The lowest BCUT2D eigenvalue weighted by Gasteiger charge is -2.40. The van der Waals surface area contributed by atoms with Crippen molar-refractivity contribution in [1.29, 1.82) is 0 Å². The van der Waals surface area contributed by atoms with Crippen molar-refractivity contribution in [3.63, 3.8) is 0 Å². The van der Waals surface area contributed by atoms with Crippen molar-refractivity contribution < 1.29 is 34.3 Å². The summed E-state index contributed by atoms with van der Waals surface area (Å²) >= 11 is 0. The molecule has 1 fully saturated rings. The van der Waals surface area contributed by atoms with Crippen molar-refractivity contribution in [2.24, 2.45) is 0 Å². The van der Waals surface area contributed by atoms with Gasteiger partial charge in [-0.25, -0.2) is 0 Å². The highest BCUT2D eigenvalue weighted by molar-refractivity contribution is 5.26. The van der Waals surface area contributed by atoms with E-state index in [0.717, 1.165) is 11.3 Å². The Balaban J connectivity index is 1.94. The Labute approximate surface area is 129 Å². The second-order valence-electron chi connectivity index (χ2n) is 5.13. The summed E-state index contributed by atoms with van der Waals surface area (Å²) < 4.78 is 21.0. The number of hydrogen-bond acceptors (Lipinski definition) is 7. The molecule has 1 aromatic carbocycles. The first-order valence-corrected chi connectivity index (χ1v) is 7.00. The standard InChI is InChI=1S/C15H22O7/c1-19-8-11-12(16)13(17)14(18)15(22-11)21-7-9-3-5-10(20-2)6-4-9/h3-6,11-18H,7-8H2,1-2H3/t11-,12-,13+,14-,15+/m1/s1. The van der Waals surface area contributed by atoms with Gasteiger partial charge in [0.15, 0.2) is 6.29 Å². The minimum absolute atomic E-state index is 0.0906. The van der Waals surface area contributed by atoms with Gasteiger partial charge >= 0.3 is 0 Å². The SMILES string of the molecule is COC[C@H]1O[C@H](OCc2ccc(OC)cc2)[C@H](O)[C@@H](O)[C@@H]1O. The molecule has 0 aliphatic carbocycles. The van der Waals surface area contributed by atoms with E-state index in [1.54, 1.807) is 19.2 Å². The lowest BCUT2D eigenvalue weighted by Crippen LogP contribution is -2.59.